The fraction of sp³-hybridized carbons (Fsp3) is 0. The number of hydrogen-bond donors (Lipinski definition) is 1. The summed E-state index contributed by atoms with van der Waals surface area (Å²) >= 11 is 1.66. The van der Waals surface area contributed by atoms with Crippen LogP contribution in [0.3, 0.4) is 0 Å². The van der Waals surface area contributed by atoms with Crippen molar-refractivity contribution in [3.8, 4) is 11.1 Å². The normalized spacial score (nSPS) is 11.2. The van der Waals surface area contributed by atoms with Gasteiger partial charge in [-0.1, -0.05) is 48.5 Å². The average Bonchev–Trinajstić information content (AvgIpc) is 2.88. The summed E-state index contributed by atoms with van der Waals surface area (Å²) in [5.74, 6) is 0.551. The minimum Gasteiger partial charge on any atom is -0.382 e. The van der Waals surface area contributed by atoms with E-state index < -0.39 is 0 Å². The van der Waals surface area contributed by atoms with E-state index in [2.05, 4.69) is 52.4 Å². The molecule has 4 heteroatoms. The van der Waals surface area contributed by atoms with E-state index >= 15 is 0 Å². The van der Waals surface area contributed by atoms with Crippen LogP contribution in [0, 0.1) is 0 Å². The lowest BCUT2D eigenvalue weighted by Crippen LogP contribution is -1.89. The van der Waals surface area contributed by atoms with E-state index in [0.717, 1.165) is 15.6 Å². The molecule has 0 aliphatic rings. The molecule has 0 radical (unpaired) electrons. The molecule has 3 nitrogen and oxygen atoms in total. The van der Waals surface area contributed by atoms with Gasteiger partial charge in [0.05, 0.1) is 10.2 Å². The number of benzene rings is 2. The summed E-state index contributed by atoms with van der Waals surface area (Å²) in [6, 6.07) is 16.7. The highest BCUT2D eigenvalue weighted by Crippen LogP contribution is 2.40. The van der Waals surface area contributed by atoms with Crippen LogP contribution < -0.4 is 5.73 Å². The van der Waals surface area contributed by atoms with Gasteiger partial charge in [-0.15, -0.1) is 11.3 Å². The van der Waals surface area contributed by atoms with Crippen molar-refractivity contribution in [2.24, 2.45) is 0 Å². The molecule has 0 unspecified atom stereocenters. The van der Waals surface area contributed by atoms with Gasteiger partial charge in [-0.05, 0) is 11.1 Å². The first-order chi connectivity index (χ1) is 9.84. The van der Waals surface area contributed by atoms with Crippen molar-refractivity contribution >= 4 is 37.5 Å². The topological polar surface area (TPSA) is 51.8 Å². The molecule has 20 heavy (non-hydrogen) atoms. The molecule has 0 saturated heterocycles. The van der Waals surface area contributed by atoms with Crippen LogP contribution in [0.2, 0.25) is 0 Å². The van der Waals surface area contributed by atoms with E-state index in [-0.39, 0.29) is 0 Å². The highest BCUT2D eigenvalue weighted by molar-refractivity contribution is 7.26. The van der Waals surface area contributed by atoms with Gasteiger partial charge >= 0.3 is 0 Å². The minimum atomic E-state index is 0.551. The highest BCUT2D eigenvalue weighted by atomic mass is 32.1. The Balaban J connectivity index is 2.14. The third-order valence-corrected chi connectivity index (χ3v) is 4.64. The maximum atomic E-state index is 5.97. The van der Waals surface area contributed by atoms with E-state index in [1.165, 1.54) is 22.2 Å². The first kappa shape index (κ1) is 11.4. The number of thiophene rings is 1. The minimum absolute atomic E-state index is 0.551. The lowest BCUT2D eigenvalue weighted by Gasteiger charge is -2.02. The zero-order valence-corrected chi connectivity index (χ0v) is 11.4. The summed E-state index contributed by atoms with van der Waals surface area (Å²) in [6.07, 6.45) is 1.53. The number of aromatic nitrogens is 2. The van der Waals surface area contributed by atoms with Crippen LogP contribution in [-0.2, 0) is 0 Å². The number of hydrogen-bond acceptors (Lipinski definition) is 4. The van der Waals surface area contributed by atoms with Crippen molar-refractivity contribution in [2.45, 2.75) is 0 Å². The van der Waals surface area contributed by atoms with Crippen molar-refractivity contribution in [2.75, 3.05) is 5.73 Å². The van der Waals surface area contributed by atoms with Gasteiger partial charge in [-0.3, -0.25) is 0 Å². The van der Waals surface area contributed by atoms with Gasteiger partial charge in [0.15, 0.2) is 0 Å². The van der Waals surface area contributed by atoms with E-state index in [1.807, 2.05) is 6.07 Å². The first-order valence-electron chi connectivity index (χ1n) is 6.32. The second-order valence-electron chi connectivity index (χ2n) is 4.59. The molecule has 0 aliphatic carbocycles. The summed E-state index contributed by atoms with van der Waals surface area (Å²) in [5.41, 5.74) is 9.33. The molecule has 0 spiro atoms. The van der Waals surface area contributed by atoms with Gasteiger partial charge in [0.1, 0.15) is 12.1 Å². The van der Waals surface area contributed by atoms with Gasteiger partial charge in [0.25, 0.3) is 0 Å². The summed E-state index contributed by atoms with van der Waals surface area (Å²) in [5, 5.41) is 1.14. The summed E-state index contributed by atoms with van der Waals surface area (Å²) in [6.45, 7) is 0. The molecular formula is C16H11N3S. The molecule has 0 fully saturated rings. The summed E-state index contributed by atoms with van der Waals surface area (Å²) in [7, 11) is 0. The van der Waals surface area contributed by atoms with Crippen LogP contribution in [0.1, 0.15) is 0 Å². The van der Waals surface area contributed by atoms with Crippen LogP contribution in [0.5, 0.6) is 0 Å². The molecule has 0 atom stereocenters. The average molecular weight is 277 g/mol. The van der Waals surface area contributed by atoms with Crippen molar-refractivity contribution in [3.63, 3.8) is 0 Å². The Kier molecular flexibility index (Phi) is 2.44. The number of nitrogen functional groups attached to an aromatic ring is 1. The second-order valence-corrected chi connectivity index (χ2v) is 5.61. The maximum Gasteiger partial charge on any atom is 0.144 e. The Hall–Kier alpha value is -2.46. The number of nitrogens with zero attached hydrogens (tertiary/aromatic N) is 2. The monoisotopic (exact) mass is 277 g/mol. The molecule has 0 amide bonds. The molecule has 0 saturated carbocycles. The third-order valence-electron chi connectivity index (χ3n) is 3.39. The van der Waals surface area contributed by atoms with Gasteiger partial charge in [-0.25, -0.2) is 9.97 Å². The SMILES string of the molecule is Nc1ncnc2c1sc1c(-c3ccccc3)cccc12. The Bertz CT molecular complexity index is 913. The number of rotatable bonds is 1. The number of nitrogens with two attached hydrogens (primary N) is 1. The smallest absolute Gasteiger partial charge is 0.144 e. The van der Waals surface area contributed by atoms with Crippen LogP contribution in [0.25, 0.3) is 31.4 Å². The molecule has 2 N–H and O–H groups in total. The fourth-order valence-electron chi connectivity index (χ4n) is 2.46. The van der Waals surface area contributed by atoms with Crippen LogP contribution in [-0.4, -0.2) is 9.97 Å². The molecule has 2 aromatic heterocycles. The Morgan fingerprint density at radius 3 is 2.55 bits per heavy atom. The molecule has 2 heterocycles. The summed E-state index contributed by atoms with van der Waals surface area (Å²) in [4.78, 5) is 8.47. The van der Waals surface area contributed by atoms with Gasteiger partial charge in [-0.2, -0.15) is 0 Å². The van der Waals surface area contributed by atoms with Crippen LogP contribution >= 0.6 is 11.3 Å². The lowest BCUT2D eigenvalue weighted by atomic mass is 10.0. The van der Waals surface area contributed by atoms with Gasteiger partial charge < -0.3 is 5.73 Å². The fourth-order valence-corrected chi connectivity index (χ4v) is 3.65. The lowest BCUT2D eigenvalue weighted by molar-refractivity contribution is 1.24. The largest absolute Gasteiger partial charge is 0.382 e. The predicted molar refractivity (Wildman–Crippen MR) is 84.8 cm³/mol. The quantitative estimate of drug-likeness (QED) is 0.570. The second kappa shape index (κ2) is 4.28. The number of fused-ring (bicyclic) bond motifs is 3. The van der Waals surface area contributed by atoms with E-state index in [4.69, 9.17) is 5.73 Å². The standard InChI is InChI=1S/C16H11N3S/c17-16-15-13(18-9-19-16)12-8-4-7-11(14(12)20-15)10-5-2-1-3-6-10/h1-9H,(H2,17,18,19). The van der Waals surface area contributed by atoms with Gasteiger partial charge in [0, 0.05) is 10.1 Å². The first-order valence-corrected chi connectivity index (χ1v) is 7.13. The van der Waals surface area contributed by atoms with Crippen molar-refractivity contribution < 1.29 is 0 Å². The van der Waals surface area contributed by atoms with Crippen LogP contribution in [0.4, 0.5) is 5.82 Å². The Morgan fingerprint density at radius 1 is 0.850 bits per heavy atom. The zero-order valence-electron chi connectivity index (χ0n) is 10.6. The zero-order chi connectivity index (χ0) is 13.5. The Labute approximate surface area is 119 Å². The predicted octanol–water partition coefficient (Wildman–Crippen LogP) is 4.09. The molecule has 4 rings (SSSR count). The van der Waals surface area contributed by atoms with Crippen molar-refractivity contribution in [1.29, 1.82) is 0 Å². The molecular weight excluding hydrogens is 266 g/mol. The highest BCUT2D eigenvalue weighted by Gasteiger charge is 2.12. The molecule has 4 aromatic rings. The Morgan fingerprint density at radius 2 is 1.70 bits per heavy atom. The molecule has 0 aliphatic heterocycles. The molecule has 96 valence electrons. The number of anilines is 1. The summed E-state index contributed by atoms with van der Waals surface area (Å²) < 4.78 is 2.17. The van der Waals surface area contributed by atoms with E-state index in [9.17, 15) is 0 Å². The van der Waals surface area contributed by atoms with Crippen molar-refractivity contribution in [3.05, 3.63) is 54.9 Å². The van der Waals surface area contributed by atoms with E-state index in [1.54, 1.807) is 11.3 Å². The van der Waals surface area contributed by atoms with Gasteiger partial charge in [0.2, 0.25) is 0 Å². The van der Waals surface area contributed by atoms with Crippen LogP contribution in [0.15, 0.2) is 54.9 Å². The molecule has 0 bridgehead atoms. The van der Waals surface area contributed by atoms with Crippen molar-refractivity contribution in [1.82, 2.24) is 9.97 Å². The molecule has 2 aromatic carbocycles. The van der Waals surface area contributed by atoms with E-state index in [0.29, 0.717) is 5.82 Å². The third kappa shape index (κ3) is 1.58. The maximum absolute atomic E-state index is 5.97.